The number of aryl methyl sites for hydroxylation is 2. The van der Waals surface area contributed by atoms with E-state index >= 15 is 0 Å². The lowest BCUT2D eigenvalue weighted by molar-refractivity contribution is 0.0697. The number of nitrogens with two attached hydrogens (primary N) is 1. The van der Waals surface area contributed by atoms with Crippen molar-refractivity contribution in [1.29, 1.82) is 0 Å². The van der Waals surface area contributed by atoms with Crippen molar-refractivity contribution in [2.24, 2.45) is 0 Å². The summed E-state index contributed by atoms with van der Waals surface area (Å²) in [5.74, 6) is 6.55. The SMILES string of the molecule is Nn1c(CCc2ccccc2)nnc1SCc1ccc(C(=O)O)cc1. The zero-order chi connectivity index (χ0) is 17.6. The highest BCUT2D eigenvalue weighted by atomic mass is 32.2. The quantitative estimate of drug-likeness (QED) is 0.500. The molecule has 0 amide bonds. The summed E-state index contributed by atoms with van der Waals surface area (Å²) in [5.41, 5.74) is 2.51. The van der Waals surface area contributed by atoms with Gasteiger partial charge in [0.2, 0.25) is 5.16 Å². The monoisotopic (exact) mass is 354 g/mol. The van der Waals surface area contributed by atoms with Crippen LogP contribution in [0, 0.1) is 0 Å². The number of nitrogens with zero attached hydrogens (tertiary/aromatic N) is 3. The molecule has 6 nitrogen and oxygen atoms in total. The van der Waals surface area contributed by atoms with E-state index in [2.05, 4.69) is 22.3 Å². The number of thioether (sulfide) groups is 1. The molecule has 0 atom stereocenters. The van der Waals surface area contributed by atoms with Crippen LogP contribution in [0.3, 0.4) is 0 Å². The van der Waals surface area contributed by atoms with Crippen molar-refractivity contribution in [3.05, 3.63) is 77.1 Å². The first-order valence-corrected chi connectivity index (χ1v) is 8.80. The highest BCUT2D eigenvalue weighted by Gasteiger charge is 2.11. The predicted octanol–water partition coefficient (Wildman–Crippen LogP) is 2.77. The molecule has 1 aromatic heterocycles. The van der Waals surface area contributed by atoms with Crippen LogP contribution in [-0.4, -0.2) is 25.9 Å². The molecule has 0 fully saturated rings. The van der Waals surface area contributed by atoms with Gasteiger partial charge in [-0.2, -0.15) is 0 Å². The lowest BCUT2D eigenvalue weighted by atomic mass is 10.1. The van der Waals surface area contributed by atoms with Crippen LogP contribution >= 0.6 is 11.8 Å². The zero-order valence-electron chi connectivity index (χ0n) is 13.5. The topological polar surface area (TPSA) is 94.0 Å². The molecule has 7 heteroatoms. The van der Waals surface area contributed by atoms with Crippen LogP contribution in [0.25, 0.3) is 0 Å². The van der Waals surface area contributed by atoms with Gasteiger partial charge in [-0.05, 0) is 29.7 Å². The molecule has 0 radical (unpaired) electrons. The van der Waals surface area contributed by atoms with E-state index in [1.807, 2.05) is 18.2 Å². The van der Waals surface area contributed by atoms with Gasteiger partial charge in [0.05, 0.1) is 5.56 Å². The Kier molecular flexibility index (Phi) is 5.35. The van der Waals surface area contributed by atoms with E-state index in [1.54, 1.807) is 24.3 Å². The Morgan fingerprint density at radius 2 is 1.72 bits per heavy atom. The normalized spacial score (nSPS) is 10.7. The summed E-state index contributed by atoms with van der Waals surface area (Å²) in [6.07, 6.45) is 1.58. The van der Waals surface area contributed by atoms with Crippen molar-refractivity contribution in [1.82, 2.24) is 14.9 Å². The minimum absolute atomic E-state index is 0.277. The van der Waals surface area contributed by atoms with Crippen LogP contribution in [0.5, 0.6) is 0 Å². The number of hydrogen-bond donors (Lipinski definition) is 2. The molecule has 1 heterocycles. The number of rotatable bonds is 7. The minimum atomic E-state index is -0.927. The molecule has 3 aromatic rings. The highest BCUT2D eigenvalue weighted by Crippen LogP contribution is 2.21. The van der Waals surface area contributed by atoms with Gasteiger partial charge in [0.25, 0.3) is 0 Å². The first-order valence-electron chi connectivity index (χ1n) is 7.82. The van der Waals surface area contributed by atoms with Gasteiger partial charge in [0.1, 0.15) is 0 Å². The molecule has 0 aliphatic carbocycles. The van der Waals surface area contributed by atoms with Crippen molar-refractivity contribution in [3.63, 3.8) is 0 Å². The van der Waals surface area contributed by atoms with Crippen molar-refractivity contribution in [2.45, 2.75) is 23.8 Å². The number of hydrogen-bond acceptors (Lipinski definition) is 5. The zero-order valence-corrected chi connectivity index (χ0v) is 14.3. The average Bonchev–Trinajstić information content (AvgIpc) is 2.99. The molecule has 3 N–H and O–H groups in total. The number of benzene rings is 2. The molecule has 0 saturated carbocycles. The summed E-state index contributed by atoms with van der Waals surface area (Å²) in [6, 6.07) is 17.0. The standard InChI is InChI=1S/C18H18N4O2S/c19-22-16(11-8-13-4-2-1-3-5-13)20-21-18(22)25-12-14-6-9-15(10-7-14)17(23)24/h1-7,9-10H,8,11-12,19H2,(H,23,24). The second-order valence-corrected chi connectivity index (χ2v) is 6.49. The summed E-state index contributed by atoms with van der Waals surface area (Å²) in [5, 5.41) is 17.9. The van der Waals surface area contributed by atoms with Crippen LogP contribution < -0.4 is 5.84 Å². The Morgan fingerprint density at radius 3 is 2.40 bits per heavy atom. The number of carboxylic acids is 1. The van der Waals surface area contributed by atoms with E-state index < -0.39 is 5.97 Å². The van der Waals surface area contributed by atoms with Crippen LogP contribution in [0.15, 0.2) is 59.8 Å². The van der Waals surface area contributed by atoms with Crippen molar-refractivity contribution < 1.29 is 9.90 Å². The number of aromatic nitrogens is 3. The van der Waals surface area contributed by atoms with Crippen LogP contribution in [0.1, 0.15) is 27.3 Å². The Labute approximate surface area is 149 Å². The van der Waals surface area contributed by atoms with Crippen LogP contribution in [0.2, 0.25) is 0 Å². The molecule has 128 valence electrons. The summed E-state index contributed by atoms with van der Waals surface area (Å²) in [7, 11) is 0. The first kappa shape index (κ1) is 17.0. The molecule has 3 rings (SSSR count). The fraction of sp³-hybridized carbons (Fsp3) is 0.167. The molecule has 2 aromatic carbocycles. The van der Waals surface area contributed by atoms with Crippen LogP contribution in [0.4, 0.5) is 0 Å². The summed E-state index contributed by atoms with van der Waals surface area (Å²) in [6.45, 7) is 0. The molecule has 25 heavy (non-hydrogen) atoms. The second kappa shape index (κ2) is 7.85. The van der Waals surface area contributed by atoms with Gasteiger partial charge >= 0.3 is 5.97 Å². The number of nitrogen functional groups attached to an aromatic ring is 1. The molecular weight excluding hydrogens is 336 g/mol. The van der Waals surface area contributed by atoms with E-state index in [4.69, 9.17) is 10.9 Å². The molecular formula is C18H18N4O2S. The maximum atomic E-state index is 10.9. The lowest BCUT2D eigenvalue weighted by Crippen LogP contribution is -2.14. The Morgan fingerprint density at radius 1 is 1.00 bits per heavy atom. The predicted molar refractivity (Wildman–Crippen MR) is 97.0 cm³/mol. The summed E-state index contributed by atoms with van der Waals surface area (Å²) in [4.78, 5) is 10.9. The maximum absolute atomic E-state index is 10.9. The number of carboxylic acid groups (broad SMARTS) is 1. The van der Waals surface area contributed by atoms with E-state index in [1.165, 1.54) is 22.0 Å². The largest absolute Gasteiger partial charge is 0.478 e. The fourth-order valence-electron chi connectivity index (χ4n) is 2.37. The number of aromatic carboxylic acids is 1. The third-order valence-electron chi connectivity index (χ3n) is 3.78. The molecule has 0 bridgehead atoms. The second-order valence-electron chi connectivity index (χ2n) is 5.55. The lowest BCUT2D eigenvalue weighted by Gasteiger charge is -2.04. The molecule has 0 aliphatic rings. The van der Waals surface area contributed by atoms with Gasteiger partial charge in [0, 0.05) is 12.2 Å². The van der Waals surface area contributed by atoms with Crippen LogP contribution in [-0.2, 0) is 18.6 Å². The van der Waals surface area contributed by atoms with Gasteiger partial charge in [-0.25, -0.2) is 9.47 Å². The van der Waals surface area contributed by atoms with Gasteiger partial charge in [-0.3, -0.25) is 0 Å². The maximum Gasteiger partial charge on any atom is 0.335 e. The summed E-state index contributed by atoms with van der Waals surface area (Å²) < 4.78 is 1.53. The van der Waals surface area contributed by atoms with E-state index in [0.717, 1.165) is 24.2 Å². The first-order chi connectivity index (χ1) is 12.1. The van der Waals surface area contributed by atoms with Gasteiger partial charge < -0.3 is 10.9 Å². The third kappa shape index (κ3) is 4.39. The molecule has 0 unspecified atom stereocenters. The van der Waals surface area contributed by atoms with Crippen molar-refractivity contribution in [2.75, 3.05) is 5.84 Å². The van der Waals surface area contributed by atoms with Gasteiger partial charge in [-0.15, -0.1) is 10.2 Å². The van der Waals surface area contributed by atoms with E-state index in [9.17, 15) is 4.79 Å². The average molecular weight is 354 g/mol. The Hall–Kier alpha value is -2.80. The Balaban J connectivity index is 1.58. The molecule has 0 aliphatic heterocycles. The highest BCUT2D eigenvalue weighted by molar-refractivity contribution is 7.98. The fourth-order valence-corrected chi connectivity index (χ4v) is 3.20. The van der Waals surface area contributed by atoms with Crippen molar-refractivity contribution in [3.8, 4) is 0 Å². The van der Waals surface area contributed by atoms with E-state index in [-0.39, 0.29) is 5.56 Å². The minimum Gasteiger partial charge on any atom is -0.478 e. The van der Waals surface area contributed by atoms with Gasteiger partial charge in [-0.1, -0.05) is 54.2 Å². The number of carbonyl (C=O) groups is 1. The van der Waals surface area contributed by atoms with Gasteiger partial charge in [0.15, 0.2) is 5.82 Å². The Bertz CT molecular complexity index is 847. The van der Waals surface area contributed by atoms with E-state index in [0.29, 0.717) is 10.9 Å². The van der Waals surface area contributed by atoms with Crippen molar-refractivity contribution >= 4 is 17.7 Å². The summed E-state index contributed by atoms with van der Waals surface area (Å²) >= 11 is 1.47. The third-order valence-corrected chi connectivity index (χ3v) is 4.80. The smallest absolute Gasteiger partial charge is 0.335 e. The molecule has 0 saturated heterocycles. The molecule has 0 spiro atoms.